The van der Waals surface area contributed by atoms with Crippen LogP contribution in [0, 0.1) is 5.82 Å². The predicted molar refractivity (Wildman–Crippen MR) is 118 cm³/mol. The van der Waals surface area contributed by atoms with Gasteiger partial charge in [-0.3, -0.25) is 0 Å². The Balaban J connectivity index is 0.00000450. The van der Waals surface area contributed by atoms with Crippen LogP contribution in [0.5, 0.6) is 5.75 Å². The van der Waals surface area contributed by atoms with E-state index < -0.39 is 12.4 Å². The number of benzene rings is 1. The fraction of sp³-hybridized carbons (Fsp3) is 0.579. The summed E-state index contributed by atoms with van der Waals surface area (Å²) in [6, 6.07) is 3.83. The second-order valence-corrected chi connectivity index (χ2v) is 6.39. The Labute approximate surface area is 191 Å². The van der Waals surface area contributed by atoms with Crippen molar-refractivity contribution in [1.29, 1.82) is 0 Å². The molecule has 1 heterocycles. The minimum absolute atomic E-state index is 0. The lowest BCUT2D eigenvalue weighted by Crippen LogP contribution is -2.49. The number of ether oxygens (including phenoxy) is 2. The summed E-state index contributed by atoms with van der Waals surface area (Å²) in [4.78, 5) is 17.7. The predicted octanol–water partition coefficient (Wildman–Crippen LogP) is 3.72. The minimum atomic E-state index is -3.05. The van der Waals surface area contributed by atoms with E-state index in [9.17, 15) is 18.0 Å². The Bertz CT molecular complexity index is 702. The molecule has 0 radical (unpaired) electrons. The Morgan fingerprint density at radius 3 is 2.60 bits per heavy atom. The van der Waals surface area contributed by atoms with Crippen LogP contribution in [0.15, 0.2) is 23.2 Å². The van der Waals surface area contributed by atoms with E-state index in [1.165, 1.54) is 18.2 Å². The number of carbonyl (C=O) groups excluding carboxylic acids is 1. The number of piperidine rings is 1. The van der Waals surface area contributed by atoms with E-state index >= 15 is 0 Å². The van der Waals surface area contributed by atoms with Gasteiger partial charge in [0.2, 0.25) is 0 Å². The van der Waals surface area contributed by atoms with Crippen LogP contribution in [0.3, 0.4) is 0 Å². The van der Waals surface area contributed by atoms with Gasteiger partial charge >= 0.3 is 12.7 Å². The van der Waals surface area contributed by atoms with E-state index in [2.05, 4.69) is 20.4 Å². The monoisotopic (exact) mass is 544 g/mol. The van der Waals surface area contributed by atoms with Crippen molar-refractivity contribution < 1.29 is 27.4 Å². The minimum Gasteiger partial charge on any atom is -0.450 e. The van der Waals surface area contributed by atoms with E-state index in [-0.39, 0.29) is 54.0 Å². The highest BCUT2D eigenvalue weighted by Gasteiger charge is 2.24. The summed E-state index contributed by atoms with van der Waals surface area (Å²) in [5.41, 5.74) is -0.0397. The van der Waals surface area contributed by atoms with Crippen molar-refractivity contribution in [1.82, 2.24) is 15.5 Å². The van der Waals surface area contributed by atoms with Crippen molar-refractivity contribution >= 4 is 36.0 Å². The smallest absolute Gasteiger partial charge is 0.409 e. The Hall–Kier alpha value is -1.92. The molecule has 0 unspecified atom stereocenters. The van der Waals surface area contributed by atoms with Gasteiger partial charge in [0, 0.05) is 25.7 Å². The van der Waals surface area contributed by atoms with Gasteiger partial charge in [-0.15, -0.1) is 24.0 Å². The number of alkyl halides is 2. The van der Waals surface area contributed by atoms with Crippen LogP contribution in [0.25, 0.3) is 0 Å². The summed E-state index contributed by atoms with van der Waals surface area (Å²) >= 11 is 0. The molecular weight excluding hydrogens is 516 g/mol. The third kappa shape index (κ3) is 8.07. The summed E-state index contributed by atoms with van der Waals surface area (Å²) in [7, 11) is 0. The second kappa shape index (κ2) is 13.4. The van der Waals surface area contributed by atoms with Crippen LogP contribution in [0.2, 0.25) is 0 Å². The molecule has 11 heteroatoms. The summed E-state index contributed by atoms with van der Waals surface area (Å²) in [6.07, 6.45) is 1.07. The van der Waals surface area contributed by atoms with Crippen LogP contribution in [0.4, 0.5) is 18.0 Å². The molecule has 30 heavy (non-hydrogen) atoms. The van der Waals surface area contributed by atoms with Crippen LogP contribution in [-0.2, 0) is 11.3 Å². The SMILES string of the molecule is CCNC(=NCc1c(F)cccc1OC(F)F)NC1CCN(C(=O)OCC)CC1.I. The van der Waals surface area contributed by atoms with Crippen LogP contribution >= 0.6 is 24.0 Å². The molecule has 170 valence electrons. The molecule has 0 aromatic heterocycles. The van der Waals surface area contributed by atoms with Crippen LogP contribution in [-0.4, -0.2) is 55.8 Å². The van der Waals surface area contributed by atoms with Crippen molar-refractivity contribution in [3.05, 3.63) is 29.6 Å². The average molecular weight is 544 g/mol. The van der Waals surface area contributed by atoms with Gasteiger partial charge in [0.25, 0.3) is 0 Å². The number of nitrogens with zero attached hydrogens (tertiary/aromatic N) is 2. The molecule has 0 spiro atoms. The zero-order valence-electron chi connectivity index (χ0n) is 17.0. The van der Waals surface area contributed by atoms with Crippen molar-refractivity contribution in [2.24, 2.45) is 4.99 Å². The third-order valence-corrected chi connectivity index (χ3v) is 4.39. The molecule has 2 rings (SSSR count). The maximum Gasteiger partial charge on any atom is 0.409 e. The summed E-state index contributed by atoms with van der Waals surface area (Å²) < 4.78 is 48.6. The number of carbonyl (C=O) groups is 1. The normalized spacial score (nSPS) is 14.9. The molecule has 1 aliphatic rings. The lowest BCUT2D eigenvalue weighted by atomic mass is 10.1. The van der Waals surface area contributed by atoms with Gasteiger partial charge in [0.05, 0.1) is 18.7 Å². The zero-order valence-corrected chi connectivity index (χ0v) is 19.3. The molecule has 1 aliphatic heterocycles. The molecule has 0 aliphatic carbocycles. The molecule has 0 bridgehead atoms. The van der Waals surface area contributed by atoms with Gasteiger partial charge < -0.3 is 25.0 Å². The van der Waals surface area contributed by atoms with E-state index in [0.29, 0.717) is 45.0 Å². The number of hydrogen-bond donors (Lipinski definition) is 2. The van der Waals surface area contributed by atoms with Gasteiger partial charge in [0.1, 0.15) is 11.6 Å². The summed E-state index contributed by atoms with van der Waals surface area (Å²) in [5.74, 6) is -0.457. The molecule has 7 nitrogen and oxygen atoms in total. The Morgan fingerprint density at radius 1 is 1.30 bits per heavy atom. The summed E-state index contributed by atoms with van der Waals surface area (Å²) in [5, 5.41) is 6.30. The quantitative estimate of drug-likeness (QED) is 0.311. The molecule has 1 saturated heterocycles. The van der Waals surface area contributed by atoms with E-state index in [1.807, 2.05) is 6.92 Å². The number of aliphatic imine (C=N–C) groups is 1. The van der Waals surface area contributed by atoms with Crippen molar-refractivity contribution in [2.75, 3.05) is 26.2 Å². The van der Waals surface area contributed by atoms with Gasteiger partial charge in [-0.25, -0.2) is 14.2 Å². The average Bonchev–Trinajstić information content (AvgIpc) is 2.68. The zero-order chi connectivity index (χ0) is 21.2. The van der Waals surface area contributed by atoms with Gasteiger partial charge in [-0.1, -0.05) is 6.07 Å². The van der Waals surface area contributed by atoms with Gasteiger partial charge in [-0.05, 0) is 38.8 Å². The Kier molecular flexibility index (Phi) is 11.7. The van der Waals surface area contributed by atoms with Crippen molar-refractivity contribution in [2.45, 2.75) is 45.9 Å². The highest BCUT2D eigenvalue weighted by atomic mass is 127. The van der Waals surface area contributed by atoms with E-state index in [0.717, 1.165) is 0 Å². The molecule has 0 atom stereocenters. The maximum atomic E-state index is 14.1. The fourth-order valence-corrected chi connectivity index (χ4v) is 2.99. The first-order valence-electron chi connectivity index (χ1n) is 9.63. The molecule has 1 amide bonds. The number of nitrogens with one attached hydrogen (secondary N) is 2. The maximum absolute atomic E-state index is 14.1. The lowest BCUT2D eigenvalue weighted by molar-refractivity contribution is -0.0506. The van der Waals surface area contributed by atoms with Crippen LogP contribution < -0.4 is 15.4 Å². The van der Waals surface area contributed by atoms with Crippen molar-refractivity contribution in [3.8, 4) is 5.75 Å². The standard InChI is InChI=1S/C19H27F3N4O3.HI/c1-3-23-18(25-13-8-10-26(11-9-13)19(27)28-4-2)24-12-14-15(20)6-5-7-16(14)29-17(21)22;/h5-7,13,17H,3-4,8-12H2,1-2H3,(H2,23,24,25);1H. The number of rotatable bonds is 7. The first-order valence-corrected chi connectivity index (χ1v) is 9.63. The first kappa shape index (κ1) is 26.1. The number of guanidine groups is 1. The molecule has 0 saturated carbocycles. The van der Waals surface area contributed by atoms with E-state index in [1.54, 1.807) is 11.8 Å². The number of halogens is 4. The van der Waals surface area contributed by atoms with Gasteiger partial charge in [0.15, 0.2) is 5.96 Å². The highest BCUT2D eigenvalue weighted by molar-refractivity contribution is 14.0. The summed E-state index contributed by atoms with van der Waals surface area (Å²) in [6.45, 7) is 2.45. The molecule has 1 aromatic rings. The third-order valence-electron chi connectivity index (χ3n) is 4.39. The van der Waals surface area contributed by atoms with E-state index in [4.69, 9.17) is 4.74 Å². The second-order valence-electron chi connectivity index (χ2n) is 6.39. The largest absolute Gasteiger partial charge is 0.450 e. The molecule has 1 aromatic carbocycles. The van der Waals surface area contributed by atoms with Crippen LogP contribution in [0.1, 0.15) is 32.3 Å². The highest BCUT2D eigenvalue weighted by Crippen LogP contribution is 2.24. The number of hydrogen-bond acceptors (Lipinski definition) is 4. The molecule has 1 fully saturated rings. The Morgan fingerprint density at radius 2 is 2.00 bits per heavy atom. The lowest BCUT2D eigenvalue weighted by Gasteiger charge is -2.32. The van der Waals surface area contributed by atoms with Crippen molar-refractivity contribution in [3.63, 3.8) is 0 Å². The number of likely N-dealkylation sites (tertiary alicyclic amines) is 1. The first-order chi connectivity index (χ1) is 13.9. The topological polar surface area (TPSA) is 75.2 Å². The molecular formula is C19H28F3IN4O3. The fourth-order valence-electron chi connectivity index (χ4n) is 2.99. The van der Waals surface area contributed by atoms with Gasteiger partial charge in [-0.2, -0.15) is 8.78 Å². The number of amides is 1. The molecule has 2 N–H and O–H groups in total.